The lowest BCUT2D eigenvalue weighted by atomic mass is 10.1. The van der Waals surface area contributed by atoms with Gasteiger partial charge in [-0.05, 0) is 11.6 Å². The molecule has 1 aliphatic heterocycles. The van der Waals surface area contributed by atoms with Crippen molar-refractivity contribution in [2.45, 2.75) is 24.2 Å². The average molecular weight is 284 g/mol. The number of hydrogen-bond acceptors (Lipinski definition) is 8. The van der Waals surface area contributed by atoms with Gasteiger partial charge in [-0.2, -0.15) is 4.98 Å². The number of aliphatic hydroxyl groups is 3. The minimum absolute atomic E-state index is 0.0252. The van der Waals surface area contributed by atoms with Gasteiger partial charge in [0, 0.05) is 11.1 Å². The van der Waals surface area contributed by atoms with E-state index < -0.39 is 36.5 Å². The zero-order chi connectivity index (χ0) is 14.9. The first kappa shape index (κ1) is 14.2. The van der Waals surface area contributed by atoms with Gasteiger partial charge in [0.1, 0.15) is 18.0 Å². The molecule has 1 aromatic heterocycles. The predicted molar refractivity (Wildman–Crippen MR) is 64.0 cm³/mol. The van der Waals surface area contributed by atoms with Crippen LogP contribution in [0.5, 0.6) is 0 Å². The van der Waals surface area contributed by atoms with Gasteiger partial charge in [-0.25, -0.2) is 4.79 Å². The molecular weight excluding hydrogens is 272 g/mol. The van der Waals surface area contributed by atoms with Crippen LogP contribution in [0.1, 0.15) is 6.23 Å². The van der Waals surface area contributed by atoms with Crippen molar-refractivity contribution >= 4 is 5.82 Å². The zero-order valence-corrected chi connectivity index (χ0v) is 10.1. The molecule has 2 rings (SSSR count). The van der Waals surface area contributed by atoms with Crippen LogP contribution < -0.4 is 11.4 Å². The number of hydrogen-bond donors (Lipinski definition) is 4. The van der Waals surface area contributed by atoms with Crippen LogP contribution in [-0.2, 0) is 4.74 Å². The molecule has 3 unspecified atom stereocenters. The molecule has 20 heavy (non-hydrogen) atoms. The van der Waals surface area contributed by atoms with Crippen molar-refractivity contribution < 1.29 is 20.1 Å². The van der Waals surface area contributed by atoms with Crippen LogP contribution in [0.25, 0.3) is 10.4 Å². The number of nitrogens with two attached hydrogens (primary N) is 1. The van der Waals surface area contributed by atoms with Crippen LogP contribution in [0.15, 0.2) is 22.2 Å². The van der Waals surface area contributed by atoms with E-state index in [1.165, 1.54) is 12.3 Å². The van der Waals surface area contributed by atoms with Crippen molar-refractivity contribution in [2.75, 3.05) is 12.3 Å². The third kappa shape index (κ3) is 2.09. The maximum absolute atomic E-state index is 11.7. The zero-order valence-electron chi connectivity index (χ0n) is 10.1. The monoisotopic (exact) mass is 284 g/mol. The smallest absolute Gasteiger partial charge is 0.351 e. The number of anilines is 1. The molecule has 1 aromatic rings. The Labute approximate surface area is 111 Å². The highest BCUT2D eigenvalue weighted by Gasteiger charge is 2.54. The Balaban J connectivity index is 2.45. The summed E-state index contributed by atoms with van der Waals surface area (Å²) in [6.45, 7) is -0.872. The molecule has 1 aliphatic rings. The molecule has 2 heterocycles. The molecule has 0 amide bonds. The third-order valence-corrected chi connectivity index (χ3v) is 2.97. The molecule has 0 spiro atoms. The second-order valence-corrected chi connectivity index (χ2v) is 4.18. The standard InChI is InChI=1S/C9H12N6O5/c10-4-1-2-15(8(19)12-4)7-5(17)6(18)9(3-16,20-7)13-14-11/h1-2,5-7,16-18H,3H2,(H2,10,12,19)/t5?,6?,7?,9-/m1/s1. The minimum atomic E-state index is -2.07. The molecule has 5 N–H and O–H groups in total. The summed E-state index contributed by atoms with van der Waals surface area (Å²) in [5, 5.41) is 32.2. The third-order valence-electron chi connectivity index (χ3n) is 2.97. The molecule has 0 aromatic carbocycles. The van der Waals surface area contributed by atoms with Crippen LogP contribution in [0.2, 0.25) is 0 Å². The Morgan fingerprint density at radius 3 is 2.90 bits per heavy atom. The molecule has 11 heteroatoms. The molecule has 1 fully saturated rings. The van der Waals surface area contributed by atoms with E-state index in [1.54, 1.807) is 0 Å². The molecule has 0 aliphatic carbocycles. The fourth-order valence-corrected chi connectivity index (χ4v) is 1.93. The van der Waals surface area contributed by atoms with E-state index in [2.05, 4.69) is 15.0 Å². The van der Waals surface area contributed by atoms with E-state index in [1.807, 2.05) is 0 Å². The number of nitrogen functional groups attached to an aromatic ring is 1. The van der Waals surface area contributed by atoms with Gasteiger partial charge in [-0.1, -0.05) is 5.11 Å². The van der Waals surface area contributed by atoms with E-state index in [0.717, 1.165) is 4.57 Å². The van der Waals surface area contributed by atoms with Gasteiger partial charge in [0.2, 0.25) is 5.72 Å². The Hall–Kier alpha value is -2.17. The molecule has 0 bridgehead atoms. The number of aliphatic hydroxyl groups excluding tert-OH is 3. The quantitative estimate of drug-likeness (QED) is 0.283. The summed E-state index contributed by atoms with van der Waals surface area (Å²) < 4.78 is 6.05. The number of rotatable bonds is 3. The highest BCUT2D eigenvalue weighted by Crippen LogP contribution is 2.37. The van der Waals surface area contributed by atoms with Crippen LogP contribution in [0, 0.1) is 0 Å². The van der Waals surface area contributed by atoms with Crippen molar-refractivity contribution in [1.82, 2.24) is 9.55 Å². The Morgan fingerprint density at radius 1 is 1.65 bits per heavy atom. The topological polar surface area (TPSA) is 180 Å². The van der Waals surface area contributed by atoms with Crippen LogP contribution in [-0.4, -0.2) is 49.4 Å². The molecule has 0 saturated carbocycles. The van der Waals surface area contributed by atoms with Crippen molar-refractivity contribution in [2.24, 2.45) is 5.11 Å². The molecule has 1 saturated heterocycles. The number of aromatic nitrogens is 2. The van der Waals surface area contributed by atoms with E-state index in [4.69, 9.17) is 16.0 Å². The van der Waals surface area contributed by atoms with E-state index >= 15 is 0 Å². The highest BCUT2D eigenvalue weighted by molar-refractivity contribution is 5.23. The molecule has 11 nitrogen and oxygen atoms in total. The first-order valence-electron chi connectivity index (χ1n) is 5.51. The second kappa shape index (κ2) is 5.07. The van der Waals surface area contributed by atoms with E-state index in [-0.39, 0.29) is 5.82 Å². The summed E-state index contributed by atoms with van der Waals surface area (Å²) in [5.41, 5.74) is 10.9. The lowest BCUT2D eigenvalue weighted by Crippen LogP contribution is -2.44. The summed E-state index contributed by atoms with van der Waals surface area (Å²) in [6, 6.07) is 1.29. The number of ether oxygens (including phenoxy) is 1. The van der Waals surface area contributed by atoms with Gasteiger partial charge in [-0.15, -0.1) is 0 Å². The maximum atomic E-state index is 11.7. The molecule has 4 atom stereocenters. The normalized spacial score (nSPS) is 32.9. The lowest BCUT2D eigenvalue weighted by Gasteiger charge is -2.23. The van der Waals surface area contributed by atoms with Gasteiger partial charge in [0.15, 0.2) is 6.23 Å². The van der Waals surface area contributed by atoms with Gasteiger partial charge in [-0.3, -0.25) is 4.57 Å². The molecule has 108 valence electrons. The second-order valence-electron chi connectivity index (χ2n) is 4.18. The first-order valence-corrected chi connectivity index (χ1v) is 5.51. The van der Waals surface area contributed by atoms with Gasteiger partial charge in [0.25, 0.3) is 0 Å². The fourth-order valence-electron chi connectivity index (χ4n) is 1.93. The van der Waals surface area contributed by atoms with Gasteiger partial charge < -0.3 is 25.8 Å². The summed E-state index contributed by atoms with van der Waals surface area (Å²) in [7, 11) is 0. The minimum Gasteiger partial charge on any atom is -0.393 e. The highest BCUT2D eigenvalue weighted by atomic mass is 16.6. The molecular formula is C9H12N6O5. The molecule has 0 radical (unpaired) electrons. The van der Waals surface area contributed by atoms with Gasteiger partial charge >= 0.3 is 5.69 Å². The first-order chi connectivity index (χ1) is 9.45. The van der Waals surface area contributed by atoms with E-state index in [0.29, 0.717) is 0 Å². The van der Waals surface area contributed by atoms with Crippen LogP contribution in [0.4, 0.5) is 5.82 Å². The van der Waals surface area contributed by atoms with E-state index in [9.17, 15) is 20.1 Å². The number of azide groups is 1. The van der Waals surface area contributed by atoms with Crippen molar-refractivity contribution in [1.29, 1.82) is 0 Å². The average Bonchev–Trinajstić information content (AvgIpc) is 2.65. The summed E-state index contributed by atoms with van der Waals surface area (Å²) in [4.78, 5) is 17.6. The Kier molecular flexibility index (Phi) is 3.61. The summed E-state index contributed by atoms with van der Waals surface area (Å²) >= 11 is 0. The fraction of sp³-hybridized carbons (Fsp3) is 0.556. The van der Waals surface area contributed by atoms with Crippen molar-refractivity contribution in [3.05, 3.63) is 33.2 Å². The summed E-state index contributed by atoms with van der Waals surface area (Å²) in [6.07, 6.45) is -3.48. The summed E-state index contributed by atoms with van der Waals surface area (Å²) in [5.74, 6) is -0.0252. The maximum Gasteiger partial charge on any atom is 0.351 e. The van der Waals surface area contributed by atoms with Crippen molar-refractivity contribution in [3.8, 4) is 0 Å². The number of nitrogens with zero attached hydrogens (tertiary/aromatic N) is 5. The largest absolute Gasteiger partial charge is 0.393 e. The van der Waals surface area contributed by atoms with Gasteiger partial charge in [0.05, 0.1) is 6.61 Å². The lowest BCUT2D eigenvalue weighted by molar-refractivity contribution is -0.125. The van der Waals surface area contributed by atoms with Crippen LogP contribution >= 0.6 is 0 Å². The van der Waals surface area contributed by atoms with Crippen LogP contribution in [0.3, 0.4) is 0 Å². The SMILES string of the molecule is [N-]=[N+]=N[C@]1(CO)OC(n2ccc(N)nc2=O)C(O)C1O. The Morgan fingerprint density at radius 2 is 2.35 bits per heavy atom. The van der Waals surface area contributed by atoms with Crippen molar-refractivity contribution in [3.63, 3.8) is 0 Å². The predicted octanol–water partition coefficient (Wildman–Crippen LogP) is -1.92. The Bertz CT molecular complexity index is 613.